The van der Waals surface area contributed by atoms with Crippen LogP contribution in [0.15, 0.2) is 24.3 Å². The standard InChI is InChI=1S/C16H26N2O.ClH/c1-17(2)11-5-7-14-6-3-4-8-16(14)18-12-9-15(19)10-13-18;/h3-4,6,8,15,19H,5,7,9-13H2,1-2H3;1H. The second kappa shape index (κ2) is 8.50. The minimum absolute atomic E-state index is 0. The first-order valence-corrected chi connectivity index (χ1v) is 7.32. The highest BCUT2D eigenvalue weighted by molar-refractivity contribution is 5.85. The van der Waals surface area contributed by atoms with Gasteiger partial charge in [-0.25, -0.2) is 0 Å². The normalized spacial score (nSPS) is 16.3. The van der Waals surface area contributed by atoms with Gasteiger partial charge < -0.3 is 14.9 Å². The van der Waals surface area contributed by atoms with E-state index in [-0.39, 0.29) is 18.5 Å². The van der Waals surface area contributed by atoms with Crippen LogP contribution in [0.25, 0.3) is 0 Å². The molecule has 20 heavy (non-hydrogen) atoms. The average Bonchev–Trinajstić information content (AvgIpc) is 2.40. The molecule has 0 bridgehead atoms. The number of nitrogens with zero attached hydrogens (tertiary/aromatic N) is 2. The monoisotopic (exact) mass is 298 g/mol. The van der Waals surface area contributed by atoms with E-state index in [1.165, 1.54) is 17.7 Å². The first-order chi connectivity index (χ1) is 9.16. The van der Waals surface area contributed by atoms with E-state index in [1.807, 2.05) is 0 Å². The second-order valence-corrected chi connectivity index (χ2v) is 5.75. The topological polar surface area (TPSA) is 26.7 Å². The van der Waals surface area contributed by atoms with Crippen LogP contribution >= 0.6 is 12.4 Å². The Morgan fingerprint density at radius 2 is 1.85 bits per heavy atom. The molecule has 3 nitrogen and oxygen atoms in total. The molecule has 114 valence electrons. The van der Waals surface area contributed by atoms with Gasteiger partial charge in [-0.05, 0) is 58.0 Å². The van der Waals surface area contributed by atoms with Gasteiger partial charge in [-0.1, -0.05) is 18.2 Å². The third-order valence-electron chi connectivity index (χ3n) is 3.85. The molecule has 0 unspecified atom stereocenters. The highest BCUT2D eigenvalue weighted by atomic mass is 35.5. The van der Waals surface area contributed by atoms with Crippen molar-refractivity contribution < 1.29 is 5.11 Å². The lowest BCUT2D eigenvalue weighted by Crippen LogP contribution is -2.36. The van der Waals surface area contributed by atoms with E-state index in [9.17, 15) is 5.11 Å². The fourth-order valence-electron chi connectivity index (χ4n) is 2.72. The Bertz CT molecular complexity index is 390. The molecule has 0 saturated carbocycles. The number of halogens is 1. The van der Waals surface area contributed by atoms with Gasteiger partial charge in [0.05, 0.1) is 6.10 Å². The Balaban J connectivity index is 0.00000200. The van der Waals surface area contributed by atoms with Crippen LogP contribution in [0, 0.1) is 0 Å². The lowest BCUT2D eigenvalue weighted by molar-refractivity contribution is 0.145. The van der Waals surface area contributed by atoms with Gasteiger partial charge in [-0.2, -0.15) is 0 Å². The molecule has 0 spiro atoms. The number of rotatable bonds is 5. The van der Waals surface area contributed by atoms with Crippen molar-refractivity contribution in [2.45, 2.75) is 31.8 Å². The van der Waals surface area contributed by atoms with E-state index < -0.39 is 0 Å². The number of anilines is 1. The molecule has 1 aliphatic rings. The van der Waals surface area contributed by atoms with Crippen LogP contribution < -0.4 is 4.90 Å². The highest BCUT2D eigenvalue weighted by Crippen LogP contribution is 2.25. The number of aryl methyl sites for hydroxylation is 1. The highest BCUT2D eigenvalue weighted by Gasteiger charge is 2.18. The molecule has 0 aromatic heterocycles. The summed E-state index contributed by atoms with van der Waals surface area (Å²) in [6.07, 6.45) is 4.02. The summed E-state index contributed by atoms with van der Waals surface area (Å²) in [6.45, 7) is 3.09. The van der Waals surface area contributed by atoms with E-state index in [0.29, 0.717) is 0 Å². The Morgan fingerprint density at radius 3 is 2.50 bits per heavy atom. The van der Waals surface area contributed by atoms with Crippen LogP contribution in [-0.2, 0) is 6.42 Å². The molecule has 1 aliphatic heterocycles. The lowest BCUT2D eigenvalue weighted by Gasteiger charge is -2.33. The van der Waals surface area contributed by atoms with E-state index >= 15 is 0 Å². The van der Waals surface area contributed by atoms with Crippen LogP contribution in [0.1, 0.15) is 24.8 Å². The zero-order chi connectivity index (χ0) is 13.7. The second-order valence-electron chi connectivity index (χ2n) is 5.75. The molecule has 0 radical (unpaired) electrons. The minimum Gasteiger partial charge on any atom is -0.393 e. The van der Waals surface area contributed by atoms with Crippen molar-refractivity contribution in [1.29, 1.82) is 0 Å². The van der Waals surface area contributed by atoms with Gasteiger partial charge in [-0.3, -0.25) is 0 Å². The van der Waals surface area contributed by atoms with Crippen LogP contribution in [0.5, 0.6) is 0 Å². The van der Waals surface area contributed by atoms with Crippen LogP contribution in [0.4, 0.5) is 5.69 Å². The van der Waals surface area contributed by atoms with E-state index in [4.69, 9.17) is 0 Å². The maximum Gasteiger partial charge on any atom is 0.0574 e. The fourth-order valence-corrected chi connectivity index (χ4v) is 2.72. The zero-order valence-electron chi connectivity index (χ0n) is 12.6. The molecule has 0 amide bonds. The largest absolute Gasteiger partial charge is 0.393 e. The Morgan fingerprint density at radius 1 is 1.20 bits per heavy atom. The number of piperidine rings is 1. The summed E-state index contributed by atoms with van der Waals surface area (Å²) in [4.78, 5) is 4.66. The number of hydrogen-bond acceptors (Lipinski definition) is 3. The molecule has 0 aliphatic carbocycles. The third kappa shape index (κ3) is 4.97. The zero-order valence-corrected chi connectivity index (χ0v) is 13.4. The Hall–Kier alpha value is -0.770. The summed E-state index contributed by atoms with van der Waals surface area (Å²) in [5.74, 6) is 0. The molecule has 4 heteroatoms. The van der Waals surface area contributed by atoms with Gasteiger partial charge >= 0.3 is 0 Å². The molecule has 1 fully saturated rings. The van der Waals surface area contributed by atoms with Crippen molar-refractivity contribution in [3.63, 3.8) is 0 Å². The van der Waals surface area contributed by atoms with Crippen molar-refractivity contribution in [1.82, 2.24) is 4.90 Å². The summed E-state index contributed by atoms with van der Waals surface area (Å²) in [6, 6.07) is 8.72. The molecule has 1 aromatic carbocycles. The lowest BCUT2D eigenvalue weighted by atomic mass is 10.0. The van der Waals surface area contributed by atoms with Crippen LogP contribution in [0.3, 0.4) is 0 Å². The van der Waals surface area contributed by atoms with Gasteiger partial charge in [-0.15, -0.1) is 12.4 Å². The number of aliphatic hydroxyl groups excluding tert-OH is 1. The fraction of sp³-hybridized carbons (Fsp3) is 0.625. The predicted molar refractivity (Wildman–Crippen MR) is 88.0 cm³/mol. The maximum atomic E-state index is 9.61. The van der Waals surface area contributed by atoms with E-state index in [2.05, 4.69) is 48.2 Å². The van der Waals surface area contributed by atoms with Gasteiger partial charge in [0, 0.05) is 18.8 Å². The van der Waals surface area contributed by atoms with Crippen molar-refractivity contribution in [2.75, 3.05) is 38.6 Å². The maximum absolute atomic E-state index is 9.61. The molecule has 1 N–H and O–H groups in total. The summed E-state index contributed by atoms with van der Waals surface area (Å²) in [5.41, 5.74) is 2.81. The third-order valence-corrected chi connectivity index (χ3v) is 3.85. The molecular formula is C16H27ClN2O. The summed E-state index contributed by atoms with van der Waals surface area (Å²) in [5, 5.41) is 9.61. The van der Waals surface area contributed by atoms with Crippen molar-refractivity contribution in [3.8, 4) is 0 Å². The first-order valence-electron chi connectivity index (χ1n) is 7.32. The molecule has 0 atom stereocenters. The smallest absolute Gasteiger partial charge is 0.0574 e. The van der Waals surface area contributed by atoms with Gasteiger partial charge in [0.2, 0.25) is 0 Å². The quantitative estimate of drug-likeness (QED) is 0.905. The molecule has 1 saturated heterocycles. The predicted octanol–water partition coefficient (Wildman–Crippen LogP) is 2.56. The van der Waals surface area contributed by atoms with Crippen molar-refractivity contribution in [3.05, 3.63) is 29.8 Å². The van der Waals surface area contributed by atoms with E-state index in [1.54, 1.807) is 0 Å². The number of para-hydroxylation sites is 1. The van der Waals surface area contributed by atoms with Crippen LogP contribution in [-0.4, -0.2) is 49.8 Å². The molecule has 1 heterocycles. The number of benzene rings is 1. The van der Waals surface area contributed by atoms with Crippen molar-refractivity contribution in [2.24, 2.45) is 0 Å². The Kier molecular flexibility index (Phi) is 7.35. The number of hydrogen-bond donors (Lipinski definition) is 1. The van der Waals surface area contributed by atoms with Gasteiger partial charge in [0.25, 0.3) is 0 Å². The average molecular weight is 299 g/mol. The van der Waals surface area contributed by atoms with Gasteiger partial charge in [0.15, 0.2) is 0 Å². The minimum atomic E-state index is -0.0999. The molecular weight excluding hydrogens is 272 g/mol. The first kappa shape index (κ1) is 17.3. The van der Waals surface area contributed by atoms with E-state index in [0.717, 1.165) is 38.9 Å². The SMILES string of the molecule is CN(C)CCCc1ccccc1N1CCC(O)CC1.Cl. The summed E-state index contributed by atoms with van der Waals surface area (Å²) < 4.78 is 0. The van der Waals surface area contributed by atoms with Crippen LogP contribution in [0.2, 0.25) is 0 Å². The summed E-state index contributed by atoms with van der Waals surface area (Å²) >= 11 is 0. The summed E-state index contributed by atoms with van der Waals surface area (Å²) in [7, 11) is 4.25. The number of aliphatic hydroxyl groups is 1. The van der Waals surface area contributed by atoms with Crippen molar-refractivity contribution >= 4 is 18.1 Å². The van der Waals surface area contributed by atoms with Gasteiger partial charge in [0.1, 0.15) is 0 Å². The Labute approximate surface area is 129 Å². The molecule has 1 aromatic rings. The molecule has 2 rings (SSSR count).